The van der Waals surface area contributed by atoms with Gasteiger partial charge in [-0.2, -0.15) is 4.98 Å². The molecule has 0 radical (unpaired) electrons. The fourth-order valence-electron chi connectivity index (χ4n) is 16.8. The van der Waals surface area contributed by atoms with E-state index in [9.17, 15) is 88.5 Å². The monoisotopic (exact) mass is 2030 g/mol. The van der Waals surface area contributed by atoms with E-state index in [0.717, 1.165) is 95.6 Å². The Balaban J connectivity index is 0.0000180. The number of ether oxygens (including phenoxy) is 9. The Labute approximate surface area is 818 Å². The van der Waals surface area contributed by atoms with Crippen molar-refractivity contribution < 1.29 is 155 Å². The molecule has 0 aliphatic carbocycles. The molecule has 8 aliphatic heterocycles. The third-order valence-electron chi connectivity index (χ3n) is 24.1. The fourth-order valence-corrected chi connectivity index (χ4v) is 17.3. The molecule has 9 amide bonds. The molecule has 142 heavy (non-hydrogen) atoms. The summed E-state index contributed by atoms with van der Waals surface area (Å²) in [4.78, 5) is 155. The summed E-state index contributed by atoms with van der Waals surface area (Å²) in [5, 5.41) is 155. The molecule has 0 spiro atoms. The summed E-state index contributed by atoms with van der Waals surface area (Å²) in [7, 11) is 5.00. The molecule has 0 saturated carbocycles. The van der Waals surface area contributed by atoms with E-state index >= 15 is 28.8 Å². The predicted molar refractivity (Wildman–Crippen MR) is 493 cm³/mol. The number of carbonyl (C=O) groups excluding carboxylic acids is 9. The van der Waals surface area contributed by atoms with Gasteiger partial charge in [-0.05, 0) is 173 Å². The summed E-state index contributed by atoms with van der Waals surface area (Å²) in [6.45, 7) is 5.08. The van der Waals surface area contributed by atoms with Gasteiger partial charge in [0.1, 0.15) is 138 Å². The first-order chi connectivity index (χ1) is 66.7. The van der Waals surface area contributed by atoms with Crippen molar-refractivity contribution in [3.05, 3.63) is 169 Å². The van der Waals surface area contributed by atoms with Crippen molar-refractivity contribution in [2.24, 2.45) is 17.4 Å². The van der Waals surface area contributed by atoms with Crippen LogP contribution in [0.5, 0.6) is 51.7 Å². The summed E-state index contributed by atoms with van der Waals surface area (Å²) in [6, 6.07) is 4.66. The molecule has 11 bridgehead atoms. The van der Waals surface area contributed by atoms with Crippen LogP contribution in [0.4, 0.5) is 19.0 Å². The highest BCUT2D eigenvalue weighted by Crippen LogP contribution is 2.51. The largest absolute Gasteiger partial charge is 0.573 e. The normalized spacial score (nSPS) is 27.6. The van der Waals surface area contributed by atoms with Crippen molar-refractivity contribution >= 4 is 82.2 Å². The van der Waals surface area contributed by atoms with Gasteiger partial charge in [-0.25, -0.2) is 4.79 Å². The van der Waals surface area contributed by atoms with Crippen LogP contribution in [0.25, 0.3) is 11.1 Å². The van der Waals surface area contributed by atoms with E-state index in [2.05, 4.69) is 62.9 Å². The van der Waals surface area contributed by atoms with Crippen LogP contribution < -0.4 is 89.3 Å². The number of amides is 9. The minimum atomic E-state index is -4.99. The Morgan fingerprint density at radius 3 is 1.96 bits per heavy atom. The van der Waals surface area contributed by atoms with E-state index in [-0.39, 0.29) is 86.0 Å². The number of phenolic OH excluding ortho intramolecular Hbond substituents is 3. The predicted octanol–water partition coefficient (Wildman–Crippen LogP) is 0.555. The number of aromatic nitrogens is 2. The van der Waals surface area contributed by atoms with Crippen LogP contribution in [0.1, 0.15) is 129 Å². The van der Waals surface area contributed by atoms with Gasteiger partial charge in [-0.1, -0.05) is 62.7 Å². The van der Waals surface area contributed by atoms with Crippen LogP contribution in [0.15, 0.2) is 120 Å². The fraction of sp³-hybridized carbons (Fsp3) is 0.467. The van der Waals surface area contributed by atoms with Gasteiger partial charge in [0.05, 0.1) is 41.3 Å². The zero-order valence-electron chi connectivity index (χ0n) is 76.4. The molecule has 8 aliphatic rings. The minimum absolute atomic E-state index is 0. The third kappa shape index (κ3) is 25.5. The van der Waals surface area contributed by atoms with Crippen LogP contribution in [0.3, 0.4) is 0 Å². The van der Waals surface area contributed by atoms with E-state index < -0.39 is 297 Å². The van der Waals surface area contributed by atoms with E-state index in [1.165, 1.54) is 45.3 Å². The van der Waals surface area contributed by atoms with Gasteiger partial charge in [-0.3, -0.25) is 47.7 Å². The van der Waals surface area contributed by atoms with Gasteiger partial charge in [0.2, 0.25) is 59.3 Å². The standard InChI is InChI=1S/C91H108Cl2F3N15O30.CH4/c1-37(2)25-50(99-5)80(125)108-67-69(117)41-12-17-54(48(92)27-41)134-56-29-43-30-57(76(56)139-88-74(122)72(120)77(59(36-112)137-88)140-87-73(121)71(119)70(118)58(136-87)35-100-21-24-111-23-19-61(104-89(111)132)103-79(124)39-9-14-45(15-10-39)141-91(94,95)96)135-55-18-13-42(28-49(55)93)75(138-62-34-90(4,98)78(123)38(3)133-62)68-86(131)107-66(82(127)101-20-8-22-110(6)7)47-31-44(113)32-53(115)63(47)46-26-40(11-16-52(46)114)64(83(128)109-68)106-84(129)65(43)105-81(126)51(33-60(97)116)102-85(67)130;/h9-19,23,26-32,37-38,50-51,58-59,62,64-75,77-78,87-88,99-100,112-115,117-123H,8,20-22,24-25,33-36,98H2,1-7H3,(H2,97,116)(H,101,127)(H,102,130)(H,105,126)(H,106,129)(H,107,131)(H,108,125)(H,109,128)(H,103,104,124,132);1H4/t38-,50+,51-,58+,59+,62?,64+,65+,66+,67?,68-,69+,70-,71-,72+,73+,74+,75+,77+,78-,87-,88-,90-;/m0./s1. The number of nitrogens with two attached hydrogens (primary N) is 2. The third-order valence-corrected chi connectivity index (χ3v) is 24.7. The van der Waals surface area contributed by atoms with Crippen LogP contribution in [0.2, 0.25) is 10.0 Å². The van der Waals surface area contributed by atoms with Crippen molar-refractivity contribution in [1.82, 2.24) is 62.3 Å². The molecule has 15 rings (SSSR count). The number of carbonyl (C=O) groups is 9. The molecule has 50 heteroatoms. The summed E-state index contributed by atoms with van der Waals surface area (Å²) in [6.07, 6.45) is -33.8. The molecular formula is C92H112Cl2F3N15O30. The number of benzene rings is 6. The Morgan fingerprint density at radius 2 is 1.33 bits per heavy atom. The Morgan fingerprint density at radius 1 is 0.697 bits per heavy atom. The number of hydrogen-bond acceptors (Lipinski definition) is 35. The lowest BCUT2D eigenvalue weighted by Crippen LogP contribution is -2.65. The van der Waals surface area contributed by atoms with Crippen LogP contribution in [-0.2, 0) is 68.6 Å². The van der Waals surface area contributed by atoms with E-state index in [0.29, 0.717) is 13.0 Å². The highest BCUT2D eigenvalue weighted by atomic mass is 35.5. The van der Waals surface area contributed by atoms with Crippen LogP contribution >= 0.6 is 23.2 Å². The van der Waals surface area contributed by atoms with E-state index in [4.69, 9.17) is 72.6 Å². The molecule has 9 heterocycles. The Bertz CT molecular complexity index is 5860. The van der Waals surface area contributed by atoms with Crippen molar-refractivity contribution in [3.63, 3.8) is 0 Å². The first kappa shape index (κ1) is 109. The van der Waals surface area contributed by atoms with Crippen molar-refractivity contribution in [3.8, 4) is 62.9 Å². The molecule has 770 valence electrons. The number of alkyl halides is 3. The number of aliphatic hydroxyl groups is 8. The molecule has 1 aromatic heterocycles. The number of primary amides is 1. The first-order valence-electron chi connectivity index (χ1n) is 44.4. The van der Waals surface area contributed by atoms with Crippen LogP contribution in [0, 0.1) is 5.92 Å². The van der Waals surface area contributed by atoms with Gasteiger partial charge in [0.15, 0.2) is 24.1 Å². The van der Waals surface area contributed by atoms with Gasteiger partial charge in [0, 0.05) is 67.1 Å². The van der Waals surface area contributed by atoms with Crippen molar-refractivity contribution in [2.45, 2.75) is 214 Å². The highest BCUT2D eigenvalue weighted by molar-refractivity contribution is 6.32. The first-order valence-corrected chi connectivity index (χ1v) is 45.2. The maximum atomic E-state index is 16.6. The lowest BCUT2D eigenvalue weighted by Gasteiger charge is -2.46. The maximum Gasteiger partial charge on any atom is 0.573 e. The maximum absolute atomic E-state index is 16.6. The molecule has 25 N–H and O–H groups in total. The number of anilines is 1. The highest BCUT2D eigenvalue weighted by Gasteiger charge is 2.54. The second-order valence-corrected chi connectivity index (χ2v) is 36.3. The van der Waals surface area contributed by atoms with Gasteiger partial charge in [0.25, 0.3) is 5.91 Å². The average Bonchev–Trinajstić information content (AvgIpc) is 0.759. The zero-order chi connectivity index (χ0) is 102. The van der Waals surface area contributed by atoms with Gasteiger partial charge in [-0.15, -0.1) is 13.2 Å². The number of nitrogens with zero attached hydrogens (tertiary/aromatic N) is 3. The van der Waals surface area contributed by atoms with Gasteiger partial charge >= 0.3 is 12.1 Å². The number of nitrogens with one attached hydrogen (secondary N) is 10. The van der Waals surface area contributed by atoms with Crippen molar-refractivity contribution in [1.29, 1.82) is 0 Å². The molecule has 23 atom stereocenters. The number of likely N-dealkylation sites (N-methyl/N-ethyl adjacent to an activating group) is 1. The number of phenols is 3. The summed E-state index contributed by atoms with van der Waals surface area (Å²) in [5.74, 6) is -17.4. The molecule has 6 aromatic carbocycles. The minimum Gasteiger partial charge on any atom is -0.508 e. The molecular weight excluding hydrogens is 1920 g/mol. The molecule has 7 aromatic rings. The Kier molecular flexibility index (Phi) is 35.1. The number of hydrogen-bond donors (Lipinski definition) is 23. The molecule has 2 unspecified atom stereocenters. The van der Waals surface area contributed by atoms with E-state index in [1.807, 2.05) is 4.90 Å². The molecule has 3 saturated heterocycles. The zero-order valence-corrected chi connectivity index (χ0v) is 77.9. The molecule has 3 fully saturated rings. The summed E-state index contributed by atoms with van der Waals surface area (Å²) in [5.41, 5.74) is 7.46. The lowest BCUT2D eigenvalue weighted by atomic mass is 9.86. The second-order valence-electron chi connectivity index (χ2n) is 35.5. The number of halogens is 5. The SMILES string of the molecule is C.CN[C@H](CC(C)C)C(=O)NC1C(=O)N[C@@H](CC(N)=O)C(=O)N[C@H]2C(=O)N[C@H]3C(=O)N[C@H](C(=O)N[C@@H](C(=O)NCCCN(C)C)c4cc(O)cc(O)c4-c4cc3ccc4O)[C@H](OC3C[C@](C)(N)[C@@H](O)[C@H](C)O3)c3ccc(c(Cl)c3)Oc3cc2cc(c3O[C@@H]2O[C@H](CO)[C@@H](O[C@@H]3O[C@H](CNCCn4ccc(NC(=O)c5ccc(OC(F)(F)F)cc5)nc4=O)[C@H](O)[C@H](O)[C@H]3O)[C@H](O)[C@H]2O)Oc2ccc(cc2Cl)[C@H]1O. The topological polar surface area (TPSA) is 670 Å². The smallest absolute Gasteiger partial charge is 0.508 e. The number of aromatic hydroxyl groups is 3. The Hall–Kier alpha value is -12.3. The quantitative estimate of drug-likeness (QED) is 0.0313. The second kappa shape index (κ2) is 46.0. The number of rotatable bonds is 27. The van der Waals surface area contributed by atoms with E-state index in [1.54, 1.807) is 27.9 Å². The molecule has 45 nitrogen and oxygen atoms in total. The number of fused-ring (bicyclic) bond motifs is 15. The van der Waals surface area contributed by atoms with Crippen LogP contribution in [-0.4, -0.2) is 294 Å². The van der Waals surface area contributed by atoms with Crippen molar-refractivity contribution in [2.75, 3.05) is 59.2 Å². The lowest BCUT2D eigenvalue weighted by molar-refractivity contribution is -0.350. The van der Waals surface area contributed by atoms with Gasteiger partial charge < -0.3 is 168 Å². The summed E-state index contributed by atoms with van der Waals surface area (Å²) < 4.78 is 94.5. The average molecular weight is 2040 g/mol. The summed E-state index contributed by atoms with van der Waals surface area (Å²) >= 11 is 14.6. The number of aliphatic hydroxyl groups excluding tert-OH is 8.